The Morgan fingerprint density at radius 1 is 0.708 bits per heavy atom. The highest BCUT2D eigenvalue weighted by Crippen LogP contribution is 2.25. The van der Waals surface area contributed by atoms with Gasteiger partial charge in [-0.1, -0.05) is 0 Å². The van der Waals surface area contributed by atoms with Gasteiger partial charge in [0.15, 0.2) is 0 Å². The lowest BCUT2D eigenvalue weighted by molar-refractivity contribution is -0.158. The third kappa shape index (κ3) is 2.20. The highest BCUT2D eigenvalue weighted by atomic mass is 16.2. The highest BCUT2D eigenvalue weighted by molar-refractivity contribution is 6.91. The molecule has 0 spiro atoms. The van der Waals surface area contributed by atoms with Crippen LogP contribution in [0.5, 0.6) is 0 Å². The molecule has 0 aliphatic heterocycles. The van der Waals surface area contributed by atoms with Crippen LogP contribution in [0.25, 0.3) is 0 Å². The molecule has 1 fully saturated rings. The zero-order chi connectivity index (χ0) is 18.3. The molecule has 0 bridgehead atoms. The van der Waals surface area contributed by atoms with E-state index in [0.717, 1.165) is 0 Å². The van der Waals surface area contributed by atoms with E-state index in [1.54, 1.807) is 0 Å². The van der Waals surface area contributed by atoms with Crippen LogP contribution < -0.4 is 21.7 Å². The Morgan fingerprint density at radius 3 is 1.67 bits per heavy atom. The molecule has 0 aromatic heterocycles. The minimum atomic E-state index is -2.34. The molecule has 1 aliphatic rings. The summed E-state index contributed by atoms with van der Waals surface area (Å²) in [6, 6.07) is 0.289. The molecular weight excluding hydrogens is 328 g/mol. The molecule has 0 radical (unpaired) electrons. The van der Waals surface area contributed by atoms with Crippen molar-refractivity contribution in [3.8, 4) is 0 Å². The number of Topliss-reactive ketones (excluding diaryl/α,β-unsaturated/α-hetero) is 5. The SMILES string of the molecule is O=CC(c1cc(=O)c(=O)c(=O)c1=O)C1C(=O)C(=O)C(=O)C(=O)C1=O. The number of carbonyl (C=O) groups excluding carboxylic acids is 6. The van der Waals surface area contributed by atoms with Gasteiger partial charge in [-0.05, 0) is 6.07 Å². The maximum atomic E-state index is 11.8. The van der Waals surface area contributed by atoms with E-state index in [4.69, 9.17) is 0 Å². The van der Waals surface area contributed by atoms with Crippen molar-refractivity contribution in [3.63, 3.8) is 0 Å². The number of benzene rings is 1. The van der Waals surface area contributed by atoms with E-state index in [1.165, 1.54) is 0 Å². The Balaban J connectivity index is 2.74. The minimum absolute atomic E-state index is 0.198. The number of aldehydes is 1. The third-order valence-electron chi connectivity index (χ3n) is 3.47. The average molecular weight is 332 g/mol. The lowest BCUT2D eigenvalue weighted by atomic mass is 9.74. The summed E-state index contributed by atoms with van der Waals surface area (Å²) in [5.41, 5.74) is -7.51. The van der Waals surface area contributed by atoms with Crippen LogP contribution in [0.15, 0.2) is 25.2 Å². The molecule has 24 heavy (non-hydrogen) atoms. The van der Waals surface area contributed by atoms with Gasteiger partial charge in [-0.25, -0.2) is 0 Å². The van der Waals surface area contributed by atoms with Crippen molar-refractivity contribution in [1.82, 2.24) is 0 Å². The third-order valence-corrected chi connectivity index (χ3v) is 3.47. The number of rotatable bonds is 3. The van der Waals surface area contributed by atoms with Crippen molar-refractivity contribution in [2.75, 3.05) is 0 Å². The van der Waals surface area contributed by atoms with Crippen molar-refractivity contribution in [2.45, 2.75) is 5.92 Å². The van der Waals surface area contributed by atoms with Gasteiger partial charge in [-0.15, -0.1) is 0 Å². The Kier molecular flexibility index (Phi) is 3.90. The monoisotopic (exact) mass is 332 g/mol. The van der Waals surface area contributed by atoms with Gasteiger partial charge in [-0.2, -0.15) is 0 Å². The topological polar surface area (TPSA) is 171 Å². The molecule has 0 amide bonds. The van der Waals surface area contributed by atoms with Gasteiger partial charge >= 0.3 is 0 Å². The molecule has 120 valence electrons. The number of hydrogen-bond donors (Lipinski definition) is 0. The van der Waals surface area contributed by atoms with Crippen molar-refractivity contribution in [2.24, 2.45) is 5.92 Å². The number of hydrogen-bond acceptors (Lipinski definition) is 10. The summed E-state index contributed by atoms with van der Waals surface area (Å²) in [6.45, 7) is 0. The van der Waals surface area contributed by atoms with Crippen molar-refractivity contribution >= 4 is 35.2 Å². The van der Waals surface area contributed by atoms with E-state index in [1.807, 2.05) is 0 Å². The van der Waals surface area contributed by atoms with Crippen molar-refractivity contribution in [3.05, 3.63) is 52.5 Å². The maximum Gasteiger partial charge on any atom is 0.280 e. The first-order chi connectivity index (χ1) is 11.1. The van der Waals surface area contributed by atoms with E-state index in [9.17, 15) is 47.9 Å². The zero-order valence-electron chi connectivity index (χ0n) is 11.4. The van der Waals surface area contributed by atoms with Gasteiger partial charge in [0.05, 0.1) is 5.92 Å². The van der Waals surface area contributed by atoms with Crippen molar-refractivity contribution in [1.29, 1.82) is 0 Å². The molecule has 0 saturated heterocycles. The molecule has 1 aromatic carbocycles. The van der Waals surface area contributed by atoms with Gasteiger partial charge < -0.3 is 4.79 Å². The predicted molar refractivity (Wildman–Crippen MR) is 71.2 cm³/mol. The average Bonchev–Trinajstić information content (AvgIpc) is 2.57. The maximum absolute atomic E-state index is 11.8. The molecular formula is C14H4O10. The second kappa shape index (κ2) is 5.57. The summed E-state index contributed by atoms with van der Waals surface area (Å²) in [4.78, 5) is 114. The number of ketones is 5. The van der Waals surface area contributed by atoms with E-state index in [0.29, 0.717) is 0 Å². The fraction of sp³-hybridized carbons (Fsp3) is 0.143. The summed E-state index contributed by atoms with van der Waals surface area (Å²) in [5.74, 6) is -13.5. The normalized spacial score (nSPS) is 17.2. The lowest BCUT2D eigenvalue weighted by Gasteiger charge is -2.21. The zero-order valence-corrected chi connectivity index (χ0v) is 11.4. The largest absolute Gasteiger partial charge is 0.303 e. The molecule has 10 nitrogen and oxygen atoms in total. The predicted octanol–water partition coefficient (Wildman–Crippen LogP) is -4.24. The smallest absolute Gasteiger partial charge is 0.280 e. The molecule has 0 heterocycles. The Hall–Kier alpha value is -3.56. The van der Waals surface area contributed by atoms with Gasteiger partial charge in [0, 0.05) is 5.56 Å². The summed E-state index contributed by atoms with van der Waals surface area (Å²) >= 11 is 0. The van der Waals surface area contributed by atoms with E-state index in [2.05, 4.69) is 0 Å². The molecule has 10 heteroatoms. The van der Waals surface area contributed by atoms with Crippen LogP contribution in [0.1, 0.15) is 11.5 Å². The Labute approximate surface area is 129 Å². The highest BCUT2D eigenvalue weighted by Gasteiger charge is 2.52. The fourth-order valence-electron chi connectivity index (χ4n) is 2.25. The summed E-state index contributed by atoms with van der Waals surface area (Å²) < 4.78 is 0. The summed E-state index contributed by atoms with van der Waals surface area (Å²) in [5, 5.41) is 0. The molecule has 0 N–H and O–H groups in total. The van der Waals surface area contributed by atoms with Gasteiger partial charge in [0.2, 0.25) is 22.4 Å². The second-order valence-electron chi connectivity index (χ2n) is 4.81. The van der Waals surface area contributed by atoms with Crippen LogP contribution in [-0.2, 0) is 28.8 Å². The molecule has 1 atom stereocenters. The van der Waals surface area contributed by atoms with Crippen LogP contribution in [0.4, 0.5) is 0 Å². The van der Waals surface area contributed by atoms with Gasteiger partial charge in [-0.3, -0.25) is 43.2 Å². The second-order valence-corrected chi connectivity index (χ2v) is 4.81. The first-order valence-electron chi connectivity index (χ1n) is 6.18. The van der Waals surface area contributed by atoms with E-state index in [-0.39, 0.29) is 12.4 Å². The van der Waals surface area contributed by atoms with Gasteiger partial charge in [0.1, 0.15) is 12.2 Å². The Morgan fingerprint density at radius 2 is 1.21 bits per heavy atom. The lowest BCUT2D eigenvalue weighted by Crippen LogP contribution is -2.54. The molecule has 1 saturated carbocycles. The van der Waals surface area contributed by atoms with Crippen LogP contribution in [-0.4, -0.2) is 35.2 Å². The fourth-order valence-corrected chi connectivity index (χ4v) is 2.25. The quantitative estimate of drug-likeness (QED) is 0.300. The van der Waals surface area contributed by atoms with Crippen LogP contribution in [0, 0.1) is 5.92 Å². The summed E-state index contributed by atoms with van der Waals surface area (Å²) in [7, 11) is 0. The molecule has 2 rings (SSSR count). The van der Waals surface area contributed by atoms with Crippen LogP contribution in [0.3, 0.4) is 0 Å². The molecule has 1 aliphatic carbocycles. The first-order valence-corrected chi connectivity index (χ1v) is 6.18. The number of carbonyl (C=O) groups is 6. The Bertz CT molecular complexity index is 1020. The minimum Gasteiger partial charge on any atom is -0.303 e. The molecule has 1 unspecified atom stereocenters. The molecule has 1 aromatic rings. The van der Waals surface area contributed by atoms with Crippen molar-refractivity contribution < 1.29 is 28.8 Å². The van der Waals surface area contributed by atoms with Crippen LogP contribution in [0.2, 0.25) is 0 Å². The van der Waals surface area contributed by atoms with Gasteiger partial charge in [0.25, 0.3) is 28.2 Å². The van der Waals surface area contributed by atoms with E-state index < -0.39 is 68.0 Å². The summed E-state index contributed by atoms with van der Waals surface area (Å²) in [6.07, 6.45) is -0.198. The standard InChI is InChI=1S/C14H4O10/c15-2-4(3-1-5(16)8(18)11(21)7(3)17)6-9(19)12(22)14(24)13(23)10(6)20/h1-2,4,6H. The van der Waals surface area contributed by atoms with E-state index >= 15 is 0 Å². The van der Waals surface area contributed by atoms with Crippen LogP contribution >= 0.6 is 0 Å². The first kappa shape index (κ1) is 16.8.